The summed E-state index contributed by atoms with van der Waals surface area (Å²) in [6.07, 6.45) is 0. The van der Waals surface area contributed by atoms with Crippen LogP contribution in [0.4, 0.5) is 5.69 Å². The molecule has 0 saturated heterocycles. The van der Waals surface area contributed by atoms with Crippen LogP contribution in [0.3, 0.4) is 0 Å². The molecule has 4 nitrogen and oxygen atoms in total. The molecule has 0 unspecified atom stereocenters. The van der Waals surface area contributed by atoms with E-state index in [1.807, 2.05) is 19.6 Å². The largest absolute Gasteiger partial charge is 0.516 e. The smallest absolute Gasteiger partial charge is 0.324 e. The Balaban J connectivity index is 2.84. The highest BCUT2D eigenvalue weighted by atomic mass is 28.4. The van der Waals surface area contributed by atoms with Crippen LogP contribution in [0.1, 0.15) is 17.3 Å². The Kier molecular flexibility index (Phi) is 4.06. The molecule has 0 aromatic heterocycles. The molecule has 0 aliphatic rings. The van der Waals surface area contributed by atoms with Crippen molar-refractivity contribution < 1.29 is 14.0 Å². The quantitative estimate of drug-likeness (QED) is 0.840. The van der Waals surface area contributed by atoms with Crippen molar-refractivity contribution in [3.8, 4) is 0 Å². The lowest BCUT2D eigenvalue weighted by atomic mass is 10.2. The first-order valence-electron chi connectivity index (χ1n) is 5.39. The Hall–Kier alpha value is -1.62. The van der Waals surface area contributed by atoms with Gasteiger partial charge in [0.05, 0.1) is 5.56 Å². The standard InChI is InChI=1S/C12H17NO3Si/c1-9(14)13-11-7-5-6-10(8-11)12(15)16-17(2,3)4/h5-8H,1-4H3,(H,13,14). The van der Waals surface area contributed by atoms with Crippen LogP contribution in [-0.4, -0.2) is 20.2 Å². The van der Waals surface area contributed by atoms with E-state index in [0.717, 1.165) is 0 Å². The minimum absolute atomic E-state index is 0.166. The van der Waals surface area contributed by atoms with Gasteiger partial charge in [-0.15, -0.1) is 0 Å². The molecule has 0 fully saturated rings. The van der Waals surface area contributed by atoms with Crippen LogP contribution in [-0.2, 0) is 9.22 Å². The Morgan fingerprint density at radius 1 is 1.24 bits per heavy atom. The predicted octanol–water partition coefficient (Wildman–Crippen LogP) is 2.64. The summed E-state index contributed by atoms with van der Waals surface area (Å²) in [5, 5.41) is 2.63. The molecular weight excluding hydrogens is 234 g/mol. The molecule has 92 valence electrons. The van der Waals surface area contributed by atoms with Crippen LogP contribution >= 0.6 is 0 Å². The third-order valence-electron chi connectivity index (χ3n) is 1.82. The van der Waals surface area contributed by atoms with Gasteiger partial charge in [0.1, 0.15) is 0 Å². The van der Waals surface area contributed by atoms with Gasteiger partial charge >= 0.3 is 5.97 Å². The van der Waals surface area contributed by atoms with Gasteiger partial charge in [-0.05, 0) is 37.8 Å². The molecule has 1 amide bonds. The number of amides is 1. The van der Waals surface area contributed by atoms with Gasteiger partial charge < -0.3 is 9.74 Å². The first-order valence-corrected chi connectivity index (χ1v) is 8.80. The normalized spacial score (nSPS) is 10.8. The van der Waals surface area contributed by atoms with E-state index >= 15 is 0 Å². The topological polar surface area (TPSA) is 55.4 Å². The van der Waals surface area contributed by atoms with Crippen molar-refractivity contribution in [1.82, 2.24) is 0 Å². The molecule has 17 heavy (non-hydrogen) atoms. The highest BCUT2D eigenvalue weighted by Crippen LogP contribution is 2.14. The van der Waals surface area contributed by atoms with Crippen LogP contribution in [0.25, 0.3) is 0 Å². The number of rotatable bonds is 3. The molecule has 1 aromatic carbocycles. The summed E-state index contributed by atoms with van der Waals surface area (Å²) in [4.78, 5) is 22.7. The summed E-state index contributed by atoms with van der Waals surface area (Å²) in [7, 11) is -1.89. The Bertz CT molecular complexity index is 438. The van der Waals surface area contributed by atoms with E-state index in [4.69, 9.17) is 4.43 Å². The SMILES string of the molecule is CC(=O)Nc1cccc(C(=O)O[Si](C)(C)C)c1. The molecule has 0 bridgehead atoms. The second-order valence-electron chi connectivity index (χ2n) is 4.76. The highest BCUT2D eigenvalue weighted by Gasteiger charge is 2.21. The predicted molar refractivity (Wildman–Crippen MR) is 69.5 cm³/mol. The highest BCUT2D eigenvalue weighted by molar-refractivity contribution is 6.71. The fourth-order valence-electron chi connectivity index (χ4n) is 1.26. The lowest BCUT2D eigenvalue weighted by Crippen LogP contribution is -2.29. The van der Waals surface area contributed by atoms with E-state index in [-0.39, 0.29) is 11.9 Å². The fraction of sp³-hybridized carbons (Fsp3) is 0.333. The molecule has 5 heteroatoms. The summed E-state index contributed by atoms with van der Waals surface area (Å²) < 4.78 is 5.37. The molecule has 0 saturated carbocycles. The maximum Gasteiger partial charge on any atom is 0.324 e. The van der Waals surface area contributed by atoms with E-state index in [1.54, 1.807) is 24.3 Å². The third-order valence-corrected chi connectivity index (χ3v) is 2.62. The summed E-state index contributed by atoms with van der Waals surface area (Å²) in [5.74, 6) is -0.503. The Morgan fingerprint density at radius 2 is 1.88 bits per heavy atom. The molecule has 1 N–H and O–H groups in total. The van der Waals surface area contributed by atoms with E-state index in [1.165, 1.54) is 6.92 Å². The van der Waals surface area contributed by atoms with E-state index in [2.05, 4.69) is 5.32 Å². The number of anilines is 1. The number of carbonyl (C=O) groups is 2. The lowest BCUT2D eigenvalue weighted by molar-refractivity contribution is -0.114. The van der Waals surface area contributed by atoms with Gasteiger partial charge in [0.15, 0.2) is 0 Å². The van der Waals surface area contributed by atoms with Crippen molar-refractivity contribution in [2.24, 2.45) is 0 Å². The number of carbonyl (C=O) groups excluding carboxylic acids is 2. The van der Waals surface area contributed by atoms with Crippen molar-refractivity contribution in [3.63, 3.8) is 0 Å². The van der Waals surface area contributed by atoms with Crippen molar-refractivity contribution in [1.29, 1.82) is 0 Å². The molecule has 1 aromatic rings. The Morgan fingerprint density at radius 3 is 2.41 bits per heavy atom. The maximum absolute atomic E-state index is 11.8. The summed E-state index contributed by atoms with van der Waals surface area (Å²) in [5.41, 5.74) is 1.06. The monoisotopic (exact) mass is 251 g/mol. The van der Waals surface area contributed by atoms with Crippen LogP contribution in [0, 0.1) is 0 Å². The van der Waals surface area contributed by atoms with Crippen molar-refractivity contribution in [2.75, 3.05) is 5.32 Å². The minimum atomic E-state index is -1.89. The summed E-state index contributed by atoms with van der Waals surface area (Å²) >= 11 is 0. The second-order valence-corrected chi connectivity index (χ2v) is 9.19. The summed E-state index contributed by atoms with van der Waals surface area (Å²) in [6, 6.07) is 6.73. The van der Waals surface area contributed by atoms with Crippen molar-refractivity contribution in [2.45, 2.75) is 26.6 Å². The van der Waals surface area contributed by atoms with Crippen LogP contribution < -0.4 is 5.32 Å². The van der Waals surface area contributed by atoms with Gasteiger partial charge in [-0.2, -0.15) is 0 Å². The molecular formula is C12H17NO3Si. The van der Waals surface area contributed by atoms with Crippen LogP contribution in [0.2, 0.25) is 19.6 Å². The van der Waals surface area contributed by atoms with Crippen molar-refractivity contribution >= 4 is 25.9 Å². The van der Waals surface area contributed by atoms with E-state index in [0.29, 0.717) is 11.3 Å². The minimum Gasteiger partial charge on any atom is -0.516 e. The van der Waals surface area contributed by atoms with E-state index in [9.17, 15) is 9.59 Å². The average molecular weight is 251 g/mol. The van der Waals surface area contributed by atoms with Gasteiger partial charge in [-0.1, -0.05) is 6.07 Å². The maximum atomic E-state index is 11.8. The number of nitrogens with one attached hydrogen (secondary N) is 1. The lowest BCUT2D eigenvalue weighted by Gasteiger charge is -2.17. The Labute approximate surface area is 102 Å². The molecule has 1 rings (SSSR count). The van der Waals surface area contributed by atoms with Crippen LogP contribution in [0.5, 0.6) is 0 Å². The van der Waals surface area contributed by atoms with Gasteiger partial charge in [-0.3, -0.25) is 4.79 Å². The zero-order valence-corrected chi connectivity index (χ0v) is 11.5. The number of hydrogen-bond donors (Lipinski definition) is 1. The first-order chi connectivity index (χ1) is 7.78. The zero-order valence-electron chi connectivity index (χ0n) is 10.5. The zero-order chi connectivity index (χ0) is 13.1. The van der Waals surface area contributed by atoms with E-state index < -0.39 is 8.32 Å². The first kappa shape index (κ1) is 13.4. The molecule has 0 aliphatic heterocycles. The molecule has 0 aliphatic carbocycles. The van der Waals surface area contributed by atoms with Crippen LogP contribution in [0.15, 0.2) is 24.3 Å². The van der Waals surface area contributed by atoms with Gasteiger partial charge in [-0.25, -0.2) is 4.79 Å². The molecule has 0 atom stereocenters. The fourth-order valence-corrected chi connectivity index (χ4v) is 1.94. The van der Waals surface area contributed by atoms with Crippen molar-refractivity contribution in [3.05, 3.63) is 29.8 Å². The second kappa shape index (κ2) is 5.14. The van der Waals surface area contributed by atoms with Gasteiger partial charge in [0.25, 0.3) is 0 Å². The third kappa shape index (κ3) is 4.82. The molecule has 0 spiro atoms. The number of hydrogen-bond acceptors (Lipinski definition) is 3. The van der Waals surface area contributed by atoms with Gasteiger partial charge in [0, 0.05) is 12.6 Å². The average Bonchev–Trinajstić information content (AvgIpc) is 2.14. The number of benzene rings is 1. The van der Waals surface area contributed by atoms with Gasteiger partial charge in [0.2, 0.25) is 14.2 Å². The summed E-state index contributed by atoms with van der Waals surface area (Å²) in [6.45, 7) is 7.26. The molecule has 0 heterocycles. The molecule has 0 radical (unpaired) electrons.